The highest BCUT2D eigenvalue weighted by molar-refractivity contribution is 6.02. The highest BCUT2D eigenvalue weighted by Crippen LogP contribution is 2.18. The Morgan fingerprint density at radius 3 is 2.71 bits per heavy atom. The van der Waals surface area contributed by atoms with E-state index in [1.54, 1.807) is 24.5 Å². The number of carbonyl (C=O) groups is 1. The van der Waals surface area contributed by atoms with Crippen LogP contribution in [0.5, 0.6) is 0 Å². The molecule has 144 valence electrons. The molecule has 4 heterocycles. The van der Waals surface area contributed by atoms with Gasteiger partial charge < -0.3 is 10.2 Å². The van der Waals surface area contributed by atoms with Crippen molar-refractivity contribution in [2.75, 3.05) is 23.3 Å². The number of anilines is 2. The Morgan fingerprint density at radius 1 is 1.07 bits per heavy atom. The maximum atomic E-state index is 12.6. The fourth-order valence-electron chi connectivity index (χ4n) is 3.29. The number of nitrogens with zero attached hydrogens (tertiary/aromatic N) is 6. The zero-order valence-electron chi connectivity index (χ0n) is 15.7. The van der Waals surface area contributed by atoms with E-state index in [0.29, 0.717) is 11.5 Å². The van der Waals surface area contributed by atoms with E-state index in [9.17, 15) is 4.79 Å². The Bertz CT molecular complexity index is 919. The molecule has 8 heteroatoms. The smallest absolute Gasteiger partial charge is 0.275 e. The lowest BCUT2D eigenvalue weighted by Gasteiger charge is -2.27. The highest BCUT2D eigenvalue weighted by Gasteiger charge is 2.16. The van der Waals surface area contributed by atoms with Crippen molar-refractivity contribution in [3.63, 3.8) is 0 Å². The van der Waals surface area contributed by atoms with Gasteiger partial charge in [-0.25, -0.2) is 9.97 Å². The topological polar surface area (TPSA) is 88.8 Å². The summed E-state index contributed by atoms with van der Waals surface area (Å²) in [4.78, 5) is 27.2. The van der Waals surface area contributed by atoms with Crippen LogP contribution in [0.3, 0.4) is 0 Å². The zero-order valence-corrected chi connectivity index (χ0v) is 15.7. The fraction of sp³-hybridized carbons (Fsp3) is 0.350. The van der Waals surface area contributed by atoms with Gasteiger partial charge in [0.2, 0.25) is 0 Å². The summed E-state index contributed by atoms with van der Waals surface area (Å²) in [5.41, 5.74) is 1.55. The summed E-state index contributed by atoms with van der Waals surface area (Å²) in [7, 11) is 0. The van der Waals surface area contributed by atoms with Crippen molar-refractivity contribution in [3.05, 3.63) is 60.4 Å². The molecular weight excluding hydrogens is 354 g/mol. The third-order valence-corrected chi connectivity index (χ3v) is 4.83. The molecule has 0 bridgehead atoms. The molecule has 0 unspecified atom stereocenters. The van der Waals surface area contributed by atoms with Crippen molar-refractivity contribution in [2.45, 2.75) is 32.2 Å². The van der Waals surface area contributed by atoms with Crippen LogP contribution >= 0.6 is 0 Å². The minimum atomic E-state index is -0.278. The number of aromatic nitrogens is 5. The number of rotatable bonds is 6. The maximum Gasteiger partial charge on any atom is 0.275 e. The lowest BCUT2D eigenvalue weighted by atomic mass is 10.1. The van der Waals surface area contributed by atoms with Crippen molar-refractivity contribution < 1.29 is 4.79 Å². The van der Waals surface area contributed by atoms with E-state index in [0.717, 1.165) is 44.7 Å². The molecule has 0 spiro atoms. The van der Waals surface area contributed by atoms with Gasteiger partial charge in [-0.1, -0.05) is 0 Å². The molecule has 1 fully saturated rings. The first-order valence-electron chi connectivity index (χ1n) is 9.59. The van der Waals surface area contributed by atoms with E-state index < -0.39 is 0 Å². The number of aryl methyl sites for hydroxylation is 2. The first-order valence-corrected chi connectivity index (χ1v) is 9.59. The largest absolute Gasteiger partial charge is 0.357 e. The zero-order chi connectivity index (χ0) is 19.2. The van der Waals surface area contributed by atoms with Gasteiger partial charge in [0.1, 0.15) is 17.8 Å². The number of amides is 1. The maximum absolute atomic E-state index is 12.6. The van der Waals surface area contributed by atoms with E-state index in [-0.39, 0.29) is 5.91 Å². The average Bonchev–Trinajstić information content (AvgIpc) is 3.21. The number of nitrogens with one attached hydrogen (secondary N) is 1. The summed E-state index contributed by atoms with van der Waals surface area (Å²) >= 11 is 0. The van der Waals surface area contributed by atoms with Gasteiger partial charge in [-0.05, 0) is 43.4 Å². The molecule has 1 aliphatic rings. The number of hydrogen-bond donors (Lipinski definition) is 1. The van der Waals surface area contributed by atoms with E-state index in [1.165, 1.54) is 18.3 Å². The second kappa shape index (κ2) is 8.60. The Balaban J connectivity index is 1.36. The minimum absolute atomic E-state index is 0.278. The van der Waals surface area contributed by atoms with Crippen LogP contribution in [-0.2, 0) is 13.0 Å². The number of pyridine rings is 1. The summed E-state index contributed by atoms with van der Waals surface area (Å²) in [6.07, 6.45) is 11.3. The molecule has 28 heavy (non-hydrogen) atoms. The first-order chi connectivity index (χ1) is 13.8. The van der Waals surface area contributed by atoms with Crippen LogP contribution in [0.2, 0.25) is 0 Å². The van der Waals surface area contributed by atoms with Crippen LogP contribution in [0.4, 0.5) is 11.6 Å². The molecule has 4 rings (SSSR count). The van der Waals surface area contributed by atoms with Gasteiger partial charge in [-0.3, -0.25) is 14.5 Å². The first kappa shape index (κ1) is 18.1. The Morgan fingerprint density at radius 2 is 1.89 bits per heavy atom. The van der Waals surface area contributed by atoms with Crippen LogP contribution in [-0.4, -0.2) is 43.7 Å². The van der Waals surface area contributed by atoms with E-state index in [4.69, 9.17) is 0 Å². The van der Waals surface area contributed by atoms with Crippen molar-refractivity contribution in [1.29, 1.82) is 0 Å². The van der Waals surface area contributed by atoms with E-state index >= 15 is 0 Å². The lowest BCUT2D eigenvalue weighted by Crippen LogP contribution is -2.30. The molecule has 0 aromatic carbocycles. The monoisotopic (exact) mass is 377 g/mol. The molecule has 0 aliphatic carbocycles. The summed E-state index contributed by atoms with van der Waals surface area (Å²) in [6.45, 7) is 2.67. The summed E-state index contributed by atoms with van der Waals surface area (Å²) in [6, 6.07) is 7.51. The normalized spacial score (nSPS) is 14.1. The Hall–Kier alpha value is -3.29. The van der Waals surface area contributed by atoms with Crippen molar-refractivity contribution in [3.8, 4) is 0 Å². The Labute approximate surface area is 163 Å². The number of carbonyl (C=O) groups excluding carboxylic acids is 1. The summed E-state index contributed by atoms with van der Waals surface area (Å²) < 4.78 is 1.81. The van der Waals surface area contributed by atoms with Gasteiger partial charge in [0, 0.05) is 50.4 Å². The van der Waals surface area contributed by atoms with Crippen LogP contribution in [0.25, 0.3) is 0 Å². The van der Waals surface area contributed by atoms with Crippen LogP contribution in [0.15, 0.2) is 49.2 Å². The second-order valence-corrected chi connectivity index (χ2v) is 6.83. The predicted octanol–water partition coefficient (Wildman–Crippen LogP) is 2.55. The fourth-order valence-corrected chi connectivity index (χ4v) is 3.29. The summed E-state index contributed by atoms with van der Waals surface area (Å²) in [5.74, 6) is 1.04. The van der Waals surface area contributed by atoms with Gasteiger partial charge in [0.05, 0.1) is 0 Å². The molecule has 8 nitrogen and oxygen atoms in total. The summed E-state index contributed by atoms with van der Waals surface area (Å²) in [5, 5.41) is 7.24. The van der Waals surface area contributed by atoms with Gasteiger partial charge in [0.15, 0.2) is 5.82 Å². The molecule has 3 aromatic heterocycles. The molecule has 1 N–H and O–H groups in total. The molecule has 1 amide bonds. The number of piperidine rings is 1. The Kier molecular flexibility index (Phi) is 5.56. The second-order valence-electron chi connectivity index (χ2n) is 6.83. The van der Waals surface area contributed by atoms with E-state index in [1.807, 2.05) is 23.0 Å². The molecule has 0 radical (unpaired) electrons. The quantitative estimate of drug-likeness (QED) is 0.710. The standard InChI is InChI=1S/C20H23N7O/c28-20(17-14-19(23-15-22-17)26-10-2-1-3-11-26)24-18-7-13-27(25-18)12-6-16-4-8-21-9-5-16/h4-5,7-9,13-15H,1-3,6,10-12H2,(H,24,25,28). The van der Waals surface area contributed by atoms with Crippen LogP contribution < -0.4 is 10.2 Å². The molecule has 1 saturated heterocycles. The molecular formula is C20H23N7O. The van der Waals surface area contributed by atoms with Gasteiger partial charge in [-0.2, -0.15) is 5.10 Å². The third-order valence-electron chi connectivity index (χ3n) is 4.83. The van der Waals surface area contributed by atoms with Gasteiger partial charge >= 0.3 is 0 Å². The van der Waals surface area contributed by atoms with Crippen molar-refractivity contribution in [1.82, 2.24) is 24.7 Å². The predicted molar refractivity (Wildman–Crippen MR) is 106 cm³/mol. The van der Waals surface area contributed by atoms with E-state index in [2.05, 4.69) is 30.3 Å². The van der Waals surface area contributed by atoms with Crippen molar-refractivity contribution in [2.24, 2.45) is 0 Å². The van der Waals surface area contributed by atoms with Crippen molar-refractivity contribution >= 4 is 17.5 Å². The minimum Gasteiger partial charge on any atom is -0.357 e. The lowest BCUT2D eigenvalue weighted by molar-refractivity contribution is 0.102. The number of hydrogen-bond acceptors (Lipinski definition) is 6. The SMILES string of the molecule is O=C(Nc1ccn(CCc2ccncc2)n1)c1cc(N2CCCCC2)ncn1. The molecule has 1 aliphatic heterocycles. The highest BCUT2D eigenvalue weighted by atomic mass is 16.2. The molecule has 3 aromatic rings. The van der Waals surface area contributed by atoms with Crippen LogP contribution in [0.1, 0.15) is 35.3 Å². The third kappa shape index (κ3) is 4.51. The van der Waals surface area contributed by atoms with Gasteiger partial charge in [-0.15, -0.1) is 0 Å². The van der Waals surface area contributed by atoms with Crippen LogP contribution in [0, 0.1) is 0 Å². The van der Waals surface area contributed by atoms with Gasteiger partial charge in [0.25, 0.3) is 5.91 Å². The molecule has 0 saturated carbocycles. The molecule has 0 atom stereocenters. The average molecular weight is 377 g/mol.